The van der Waals surface area contributed by atoms with E-state index < -0.39 is 0 Å². The molecule has 0 radical (unpaired) electrons. The molecule has 130 valence electrons. The number of hydrogen-bond donors (Lipinski definition) is 1. The van der Waals surface area contributed by atoms with E-state index in [-0.39, 0.29) is 30.4 Å². The molecule has 1 saturated carbocycles. The standard InChI is InChI=1S/C19H30N2O.ClH/c1-3-5-13-21(19(22)16-11-12-17(20)14-16)18(4-2)15-9-7-6-8-10-15;/h6-10,16-18H,3-5,11-14,20H2,1-2H3;1H. The van der Waals surface area contributed by atoms with Crippen LogP contribution in [0.3, 0.4) is 0 Å². The van der Waals surface area contributed by atoms with Crippen LogP contribution in [0.25, 0.3) is 0 Å². The monoisotopic (exact) mass is 338 g/mol. The van der Waals surface area contributed by atoms with Gasteiger partial charge in [0, 0.05) is 18.5 Å². The molecule has 2 N–H and O–H groups in total. The van der Waals surface area contributed by atoms with Gasteiger partial charge in [-0.2, -0.15) is 0 Å². The van der Waals surface area contributed by atoms with E-state index in [2.05, 4.69) is 43.0 Å². The maximum Gasteiger partial charge on any atom is 0.226 e. The summed E-state index contributed by atoms with van der Waals surface area (Å²) in [5, 5.41) is 0. The van der Waals surface area contributed by atoms with Crippen molar-refractivity contribution in [1.82, 2.24) is 4.90 Å². The lowest BCUT2D eigenvalue weighted by Crippen LogP contribution is -2.39. The number of amides is 1. The Morgan fingerprint density at radius 2 is 1.96 bits per heavy atom. The molecule has 3 atom stereocenters. The summed E-state index contributed by atoms with van der Waals surface area (Å²) in [5.74, 6) is 0.446. The second-order valence-corrected chi connectivity index (χ2v) is 6.49. The predicted octanol–water partition coefficient (Wildman–Crippen LogP) is 4.32. The summed E-state index contributed by atoms with van der Waals surface area (Å²) < 4.78 is 0. The molecule has 1 aromatic carbocycles. The highest BCUT2D eigenvalue weighted by Crippen LogP contribution is 2.31. The lowest BCUT2D eigenvalue weighted by Gasteiger charge is -2.34. The third kappa shape index (κ3) is 5.22. The zero-order valence-corrected chi connectivity index (χ0v) is 15.2. The molecule has 2 rings (SSSR count). The van der Waals surface area contributed by atoms with Gasteiger partial charge in [0.05, 0.1) is 6.04 Å². The van der Waals surface area contributed by atoms with Crippen LogP contribution < -0.4 is 5.73 Å². The third-order valence-corrected chi connectivity index (χ3v) is 4.81. The molecule has 0 heterocycles. The number of carbonyl (C=O) groups is 1. The number of nitrogens with zero attached hydrogens (tertiary/aromatic N) is 1. The number of rotatable bonds is 7. The van der Waals surface area contributed by atoms with Crippen LogP contribution in [-0.2, 0) is 4.79 Å². The lowest BCUT2D eigenvalue weighted by atomic mass is 9.98. The van der Waals surface area contributed by atoms with Crippen molar-refractivity contribution in [3.05, 3.63) is 35.9 Å². The lowest BCUT2D eigenvalue weighted by molar-refractivity contribution is -0.138. The van der Waals surface area contributed by atoms with Gasteiger partial charge in [0.1, 0.15) is 0 Å². The molecule has 0 saturated heterocycles. The summed E-state index contributed by atoms with van der Waals surface area (Å²) >= 11 is 0. The number of hydrogen-bond acceptors (Lipinski definition) is 2. The van der Waals surface area contributed by atoms with Gasteiger partial charge in [-0.25, -0.2) is 0 Å². The van der Waals surface area contributed by atoms with Crippen LogP contribution in [0, 0.1) is 5.92 Å². The fourth-order valence-corrected chi connectivity index (χ4v) is 3.53. The Balaban J connectivity index is 0.00000264. The smallest absolute Gasteiger partial charge is 0.226 e. The van der Waals surface area contributed by atoms with E-state index in [0.29, 0.717) is 5.91 Å². The summed E-state index contributed by atoms with van der Waals surface area (Å²) in [5.41, 5.74) is 7.26. The molecule has 1 aliphatic rings. The molecule has 1 amide bonds. The van der Waals surface area contributed by atoms with Crippen molar-refractivity contribution < 1.29 is 4.79 Å². The number of nitrogens with two attached hydrogens (primary N) is 1. The van der Waals surface area contributed by atoms with Gasteiger partial charge >= 0.3 is 0 Å². The second kappa shape index (κ2) is 9.94. The van der Waals surface area contributed by atoms with E-state index >= 15 is 0 Å². The van der Waals surface area contributed by atoms with Gasteiger partial charge in [-0.05, 0) is 37.7 Å². The highest BCUT2D eigenvalue weighted by molar-refractivity contribution is 5.85. The Kier molecular flexibility index (Phi) is 8.64. The average molecular weight is 339 g/mol. The summed E-state index contributed by atoms with van der Waals surface area (Å²) in [4.78, 5) is 15.2. The molecule has 0 aliphatic heterocycles. The van der Waals surface area contributed by atoms with Crippen molar-refractivity contribution >= 4 is 18.3 Å². The van der Waals surface area contributed by atoms with Gasteiger partial charge in [-0.1, -0.05) is 50.6 Å². The number of carbonyl (C=O) groups excluding carboxylic acids is 1. The summed E-state index contributed by atoms with van der Waals surface area (Å²) in [6.07, 6.45) is 5.92. The van der Waals surface area contributed by atoms with E-state index in [0.717, 1.165) is 45.1 Å². The van der Waals surface area contributed by atoms with Gasteiger partial charge < -0.3 is 10.6 Å². The third-order valence-electron chi connectivity index (χ3n) is 4.81. The highest BCUT2D eigenvalue weighted by atomic mass is 35.5. The molecule has 1 aliphatic carbocycles. The molecule has 23 heavy (non-hydrogen) atoms. The molecule has 0 aromatic heterocycles. The fourth-order valence-electron chi connectivity index (χ4n) is 3.53. The van der Waals surface area contributed by atoms with E-state index in [9.17, 15) is 4.79 Å². The Morgan fingerprint density at radius 1 is 1.26 bits per heavy atom. The van der Waals surface area contributed by atoms with Crippen LogP contribution in [0.4, 0.5) is 0 Å². The molecular formula is C19H31ClN2O. The summed E-state index contributed by atoms with van der Waals surface area (Å²) in [7, 11) is 0. The normalized spacial score (nSPS) is 21.5. The zero-order chi connectivity index (χ0) is 15.9. The van der Waals surface area contributed by atoms with Crippen molar-refractivity contribution in [2.45, 2.75) is 64.5 Å². The second-order valence-electron chi connectivity index (χ2n) is 6.49. The highest BCUT2D eigenvalue weighted by Gasteiger charge is 2.33. The molecule has 0 bridgehead atoms. The van der Waals surface area contributed by atoms with Gasteiger partial charge in [0.25, 0.3) is 0 Å². The predicted molar refractivity (Wildman–Crippen MR) is 98.7 cm³/mol. The summed E-state index contributed by atoms with van der Waals surface area (Å²) in [6.45, 7) is 5.20. The van der Waals surface area contributed by atoms with Crippen LogP contribution in [0.2, 0.25) is 0 Å². The van der Waals surface area contributed by atoms with Crippen LogP contribution in [0.1, 0.15) is 64.0 Å². The first kappa shape index (κ1) is 20.0. The minimum atomic E-state index is 0. The van der Waals surface area contributed by atoms with Crippen LogP contribution in [-0.4, -0.2) is 23.4 Å². The molecule has 3 nitrogen and oxygen atoms in total. The topological polar surface area (TPSA) is 46.3 Å². The molecule has 4 heteroatoms. The first-order valence-electron chi connectivity index (χ1n) is 8.78. The Hall–Kier alpha value is -1.06. The van der Waals surface area contributed by atoms with E-state index in [4.69, 9.17) is 5.73 Å². The maximum atomic E-state index is 13.0. The van der Waals surface area contributed by atoms with Crippen molar-refractivity contribution in [3.63, 3.8) is 0 Å². The number of unbranched alkanes of at least 4 members (excludes halogenated alkanes) is 1. The fraction of sp³-hybridized carbons (Fsp3) is 0.632. The maximum absolute atomic E-state index is 13.0. The van der Waals surface area contributed by atoms with Gasteiger partial charge in [-0.3, -0.25) is 4.79 Å². The number of halogens is 1. The molecule has 0 spiro atoms. The first-order chi connectivity index (χ1) is 10.7. The Morgan fingerprint density at radius 3 is 2.48 bits per heavy atom. The zero-order valence-electron chi connectivity index (χ0n) is 14.4. The van der Waals surface area contributed by atoms with Gasteiger partial charge in [0.15, 0.2) is 0 Å². The van der Waals surface area contributed by atoms with Crippen LogP contribution in [0.5, 0.6) is 0 Å². The van der Waals surface area contributed by atoms with Gasteiger partial charge in [-0.15, -0.1) is 12.4 Å². The number of benzene rings is 1. The molecular weight excluding hydrogens is 308 g/mol. The Labute approximate surface area is 147 Å². The van der Waals surface area contributed by atoms with Crippen molar-refractivity contribution in [3.8, 4) is 0 Å². The largest absolute Gasteiger partial charge is 0.335 e. The van der Waals surface area contributed by atoms with E-state index in [1.807, 2.05) is 6.07 Å². The van der Waals surface area contributed by atoms with Crippen LogP contribution in [0.15, 0.2) is 30.3 Å². The minimum Gasteiger partial charge on any atom is -0.335 e. The first-order valence-corrected chi connectivity index (χ1v) is 8.78. The SMILES string of the molecule is CCCCN(C(=O)C1CCC(N)C1)C(CC)c1ccccc1.Cl. The Bertz CT molecular complexity index is 466. The summed E-state index contributed by atoms with van der Waals surface area (Å²) in [6, 6.07) is 10.8. The van der Waals surface area contributed by atoms with E-state index in [1.165, 1.54) is 5.56 Å². The van der Waals surface area contributed by atoms with Gasteiger partial charge in [0.2, 0.25) is 5.91 Å². The van der Waals surface area contributed by atoms with Crippen molar-refractivity contribution in [2.75, 3.05) is 6.54 Å². The molecule has 1 fully saturated rings. The van der Waals surface area contributed by atoms with Crippen molar-refractivity contribution in [1.29, 1.82) is 0 Å². The van der Waals surface area contributed by atoms with Crippen molar-refractivity contribution in [2.24, 2.45) is 11.7 Å². The average Bonchev–Trinajstić information content (AvgIpc) is 2.98. The van der Waals surface area contributed by atoms with Crippen LogP contribution >= 0.6 is 12.4 Å². The quantitative estimate of drug-likeness (QED) is 0.805. The van der Waals surface area contributed by atoms with E-state index in [1.54, 1.807) is 0 Å². The molecule has 1 aromatic rings. The minimum absolute atomic E-state index is 0. The molecule has 3 unspecified atom stereocenters.